The lowest BCUT2D eigenvalue weighted by atomic mass is 10.0. The number of carbonyl (C=O) groups excluding carboxylic acids is 1. The first-order chi connectivity index (χ1) is 7.02. The molecule has 15 heavy (non-hydrogen) atoms. The second-order valence-electron chi connectivity index (χ2n) is 3.64. The lowest BCUT2D eigenvalue weighted by Gasteiger charge is -1.99. The van der Waals surface area contributed by atoms with Gasteiger partial charge in [-0.2, -0.15) is 0 Å². The zero-order valence-electron chi connectivity index (χ0n) is 8.85. The summed E-state index contributed by atoms with van der Waals surface area (Å²) in [6.45, 7) is 5.35. The van der Waals surface area contributed by atoms with Crippen LogP contribution in [0.15, 0.2) is 16.5 Å². The van der Waals surface area contributed by atoms with Crippen LogP contribution in [0.25, 0.3) is 11.0 Å². The molecule has 0 atom stereocenters. The highest BCUT2D eigenvalue weighted by Gasteiger charge is 2.16. The minimum Gasteiger partial charge on any atom is -0.459 e. The Bertz CT molecular complexity index is 552. The molecule has 78 valence electrons. The van der Waals surface area contributed by atoms with E-state index in [2.05, 4.69) is 0 Å². The van der Waals surface area contributed by atoms with Gasteiger partial charge in [-0.3, -0.25) is 4.79 Å². The van der Waals surface area contributed by atoms with Crippen LogP contribution in [-0.2, 0) is 0 Å². The van der Waals surface area contributed by atoms with Crippen molar-refractivity contribution in [3.05, 3.63) is 34.0 Å². The molecule has 0 amide bonds. The standard InChI is InChI=1S/C12H11ClO2/c1-6-8(3)15-12-10(13)5-4-9(7(2)14)11(6)12/h4-5H,1-3H3. The third kappa shape index (κ3) is 1.45. The second kappa shape index (κ2) is 3.38. The molecule has 0 fully saturated rings. The molecule has 2 rings (SSSR count). The Labute approximate surface area is 92.8 Å². The fourth-order valence-electron chi connectivity index (χ4n) is 1.73. The Morgan fingerprint density at radius 2 is 2.00 bits per heavy atom. The van der Waals surface area contributed by atoms with Crippen LogP contribution in [0.4, 0.5) is 0 Å². The van der Waals surface area contributed by atoms with E-state index >= 15 is 0 Å². The first kappa shape index (κ1) is 10.2. The predicted octanol–water partition coefficient (Wildman–Crippen LogP) is 3.91. The number of halogens is 1. The second-order valence-corrected chi connectivity index (χ2v) is 4.05. The van der Waals surface area contributed by atoms with Crippen LogP contribution in [0.2, 0.25) is 5.02 Å². The molecule has 2 aromatic rings. The predicted molar refractivity (Wildman–Crippen MR) is 60.7 cm³/mol. The Balaban J connectivity index is 2.96. The highest BCUT2D eigenvalue weighted by Crippen LogP contribution is 2.33. The van der Waals surface area contributed by atoms with Gasteiger partial charge in [-0.05, 0) is 38.5 Å². The van der Waals surface area contributed by atoms with E-state index in [4.69, 9.17) is 16.0 Å². The molecule has 0 aliphatic heterocycles. The number of fused-ring (bicyclic) bond motifs is 1. The number of aryl methyl sites for hydroxylation is 2. The molecule has 0 saturated heterocycles. The number of benzene rings is 1. The van der Waals surface area contributed by atoms with E-state index in [9.17, 15) is 4.79 Å². The first-order valence-electron chi connectivity index (χ1n) is 4.71. The van der Waals surface area contributed by atoms with Gasteiger partial charge in [-0.15, -0.1) is 0 Å². The highest BCUT2D eigenvalue weighted by atomic mass is 35.5. The van der Waals surface area contributed by atoms with Gasteiger partial charge in [-0.25, -0.2) is 0 Å². The summed E-state index contributed by atoms with van der Waals surface area (Å²) in [7, 11) is 0. The topological polar surface area (TPSA) is 30.2 Å². The number of ketones is 1. The van der Waals surface area contributed by atoms with Gasteiger partial charge >= 0.3 is 0 Å². The highest BCUT2D eigenvalue weighted by molar-refractivity contribution is 6.35. The molecule has 0 aliphatic carbocycles. The van der Waals surface area contributed by atoms with Crippen LogP contribution in [0.5, 0.6) is 0 Å². The minimum atomic E-state index is 0.0283. The summed E-state index contributed by atoms with van der Waals surface area (Å²) in [6.07, 6.45) is 0. The van der Waals surface area contributed by atoms with Crippen molar-refractivity contribution in [1.82, 2.24) is 0 Å². The van der Waals surface area contributed by atoms with Crippen molar-refractivity contribution < 1.29 is 9.21 Å². The van der Waals surface area contributed by atoms with E-state index in [0.29, 0.717) is 16.2 Å². The average Bonchev–Trinajstić information content (AvgIpc) is 2.46. The summed E-state index contributed by atoms with van der Waals surface area (Å²) in [5.41, 5.74) is 2.26. The van der Waals surface area contributed by atoms with Crippen molar-refractivity contribution in [3.8, 4) is 0 Å². The van der Waals surface area contributed by atoms with Crippen molar-refractivity contribution >= 4 is 28.4 Å². The maximum Gasteiger partial charge on any atom is 0.160 e. The van der Waals surface area contributed by atoms with Crippen LogP contribution < -0.4 is 0 Å². The van der Waals surface area contributed by atoms with E-state index in [1.807, 2.05) is 13.8 Å². The SMILES string of the molecule is CC(=O)c1ccc(Cl)c2oc(C)c(C)c12. The summed E-state index contributed by atoms with van der Waals surface area (Å²) in [5, 5.41) is 1.39. The normalized spacial score (nSPS) is 10.9. The molecule has 3 heteroatoms. The van der Waals surface area contributed by atoms with Crippen LogP contribution in [0.1, 0.15) is 28.6 Å². The van der Waals surface area contributed by atoms with Crippen molar-refractivity contribution in [3.63, 3.8) is 0 Å². The molecule has 0 unspecified atom stereocenters. The largest absolute Gasteiger partial charge is 0.459 e. The maximum atomic E-state index is 11.4. The van der Waals surface area contributed by atoms with Gasteiger partial charge in [0.05, 0.1) is 5.02 Å². The van der Waals surface area contributed by atoms with Crippen molar-refractivity contribution in [2.24, 2.45) is 0 Å². The zero-order valence-corrected chi connectivity index (χ0v) is 9.61. The van der Waals surface area contributed by atoms with E-state index in [-0.39, 0.29) is 5.78 Å². The molecule has 1 heterocycles. The Hall–Kier alpha value is -1.28. The number of rotatable bonds is 1. The van der Waals surface area contributed by atoms with Gasteiger partial charge in [0.15, 0.2) is 11.4 Å². The fraction of sp³-hybridized carbons (Fsp3) is 0.250. The van der Waals surface area contributed by atoms with Crippen LogP contribution in [0.3, 0.4) is 0 Å². The monoisotopic (exact) mass is 222 g/mol. The number of Topliss-reactive ketones (excluding diaryl/α,β-unsaturated/α-hetero) is 1. The summed E-state index contributed by atoms with van der Waals surface area (Å²) in [5.74, 6) is 0.834. The molecule has 2 nitrogen and oxygen atoms in total. The molecule has 0 bridgehead atoms. The quantitative estimate of drug-likeness (QED) is 0.685. The molecular formula is C12H11ClO2. The van der Waals surface area contributed by atoms with Crippen molar-refractivity contribution in [2.75, 3.05) is 0 Å². The average molecular weight is 223 g/mol. The third-order valence-corrected chi connectivity index (χ3v) is 2.94. The third-order valence-electron chi connectivity index (χ3n) is 2.65. The molecular weight excluding hydrogens is 212 g/mol. The number of hydrogen-bond donors (Lipinski definition) is 0. The maximum absolute atomic E-state index is 11.4. The Morgan fingerprint density at radius 3 is 2.60 bits per heavy atom. The summed E-state index contributed by atoms with van der Waals surface area (Å²) in [6, 6.07) is 3.44. The van der Waals surface area contributed by atoms with E-state index in [1.54, 1.807) is 19.1 Å². The summed E-state index contributed by atoms with van der Waals surface area (Å²) < 4.78 is 5.54. The first-order valence-corrected chi connectivity index (χ1v) is 5.09. The van der Waals surface area contributed by atoms with Crippen LogP contribution in [-0.4, -0.2) is 5.78 Å². The molecule has 0 saturated carbocycles. The van der Waals surface area contributed by atoms with E-state index in [0.717, 1.165) is 16.7 Å². The molecule has 0 N–H and O–H groups in total. The fourth-order valence-corrected chi connectivity index (χ4v) is 1.92. The molecule has 0 spiro atoms. The lowest BCUT2D eigenvalue weighted by Crippen LogP contribution is -1.93. The Kier molecular flexibility index (Phi) is 2.31. The Morgan fingerprint density at radius 1 is 1.33 bits per heavy atom. The van der Waals surface area contributed by atoms with Gasteiger partial charge in [0.25, 0.3) is 0 Å². The van der Waals surface area contributed by atoms with Crippen LogP contribution >= 0.6 is 11.6 Å². The van der Waals surface area contributed by atoms with Crippen LogP contribution in [0, 0.1) is 13.8 Å². The molecule has 1 aromatic carbocycles. The molecule has 1 aromatic heterocycles. The molecule has 0 radical (unpaired) electrons. The minimum absolute atomic E-state index is 0.0283. The van der Waals surface area contributed by atoms with E-state index in [1.165, 1.54) is 0 Å². The number of carbonyl (C=O) groups is 1. The zero-order chi connectivity index (χ0) is 11.2. The van der Waals surface area contributed by atoms with E-state index < -0.39 is 0 Å². The molecule has 0 aliphatic rings. The smallest absolute Gasteiger partial charge is 0.160 e. The summed E-state index contributed by atoms with van der Waals surface area (Å²) >= 11 is 6.01. The van der Waals surface area contributed by atoms with Gasteiger partial charge in [-0.1, -0.05) is 11.6 Å². The number of hydrogen-bond acceptors (Lipinski definition) is 2. The van der Waals surface area contributed by atoms with Crippen molar-refractivity contribution in [1.29, 1.82) is 0 Å². The van der Waals surface area contributed by atoms with Gasteiger partial charge in [0.2, 0.25) is 0 Å². The lowest BCUT2D eigenvalue weighted by molar-refractivity contribution is 0.101. The van der Waals surface area contributed by atoms with Crippen molar-refractivity contribution in [2.45, 2.75) is 20.8 Å². The summed E-state index contributed by atoms with van der Waals surface area (Å²) in [4.78, 5) is 11.4. The van der Waals surface area contributed by atoms with Gasteiger partial charge < -0.3 is 4.42 Å². The van der Waals surface area contributed by atoms with Gasteiger partial charge in [0.1, 0.15) is 5.76 Å². The number of furan rings is 1. The van der Waals surface area contributed by atoms with Gasteiger partial charge in [0, 0.05) is 10.9 Å².